The minimum absolute atomic E-state index is 0.468. The van der Waals surface area contributed by atoms with Crippen LogP contribution in [0.25, 0.3) is 0 Å². The predicted molar refractivity (Wildman–Crippen MR) is 73.1 cm³/mol. The van der Waals surface area contributed by atoms with Gasteiger partial charge in [-0.1, -0.05) is 27.2 Å². The van der Waals surface area contributed by atoms with Crippen molar-refractivity contribution in [2.45, 2.75) is 78.7 Å². The smallest absolute Gasteiger partial charge is 0.0547 e. The Morgan fingerprint density at radius 2 is 1.65 bits per heavy atom. The summed E-state index contributed by atoms with van der Waals surface area (Å²) in [5.41, 5.74) is 1.12. The molecular formula is C16H30O. The van der Waals surface area contributed by atoms with Crippen molar-refractivity contribution in [1.29, 1.82) is 0 Å². The van der Waals surface area contributed by atoms with Gasteiger partial charge < -0.3 is 4.74 Å². The summed E-state index contributed by atoms with van der Waals surface area (Å²) in [4.78, 5) is 0. The van der Waals surface area contributed by atoms with Crippen molar-refractivity contribution in [2.75, 3.05) is 6.61 Å². The van der Waals surface area contributed by atoms with Crippen LogP contribution in [0.5, 0.6) is 0 Å². The Morgan fingerprint density at radius 3 is 2.41 bits per heavy atom. The number of hydrogen-bond acceptors (Lipinski definition) is 1. The first kappa shape index (κ1) is 13.4. The fourth-order valence-electron chi connectivity index (χ4n) is 4.52. The van der Waals surface area contributed by atoms with Gasteiger partial charge in [0.2, 0.25) is 0 Å². The predicted octanol–water partition coefficient (Wildman–Crippen LogP) is 4.80. The summed E-state index contributed by atoms with van der Waals surface area (Å²) >= 11 is 0. The largest absolute Gasteiger partial charge is 0.379 e. The molecule has 0 aromatic carbocycles. The fraction of sp³-hybridized carbons (Fsp3) is 1.00. The van der Waals surface area contributed by atoms with Gasteiger partial charge in [-0.05, 0) is 62.2 Å². The van der Waals surface area contributed by atoms with Crippen molar-refractivity contribution in [2.24, 2.45) is 16.7 Å². The van der Waals surface area contributed by atoms with Crippen molar-refractivity contribution in [3.05, 3.63) is 0 Å². The van der Waals surface area contributed by atoms with Gasteiger partial charge in [-0.15, -0.1) is 0 Å². The lowest BCUT2D eigenvalue weighted by atomic mass is 9.54. The summed E-state index contributed by atoms with van der Waals surface area (Å²) in [5, 5.41) is 0. The third-order valence-corrected chi connectivity index (χ3v) is 5.51. The monoisotopic (exact) mass is 238 g/mol. The molecule has 0 spiro atoms. The summed E-state index contributed by atoms with van der Waals surface area (Å²) in [5.74, 6) is 0.896. The molecule has 1 saturated heterocycles. The molecule has 0 aromatic heterocycles. The van der Waals surface area contributed by atoms with Crippen LogP contribution >= 0.6 is 0 Å². The van der Waals surface area contributed by atoms with Gasteiger partial charge in [0.05, 0.1) is 6.10 Å². The highest BCUT2D eigenvalue weighted by atomic mass is 16.5. The van der Waals surface area contributed by atoms with Crippen LogP contribution in [0.15, 0.2) is 0 Å². The summed E-state index contributed by atoms with van der Waals surface area (Å²) in [6.07, 6.45) is 10.00. The molecule has 0 N–H and O–H groups in total. The van der Waals surface area contributed by atoms with E-state index < -0.39 is 0 Å². The second-order valence-electron chi connectivity index (χ2n) is 7.41. The second-order valence-corrected chi connectivity index (χ2v) is 7.41. The second kappa shape index (κ2) is 4.91. The summed E-state index contributed by atoms with van der Waals surface area (Å²) < 4.78 is 5.88. The Bertz CT molecular complexity index is 258. The first-order valence-electron chi connectivity index (χ1n) is 7.56. The number of rotatable bonds is 0. The van der Waals surface area contributed by atoms with Gasteiger partial charge in [0.1, 0.15) is 0 Å². The lowest BCUT2D eigenvalue weighted by Gasteiger charge is -2.51. The van der Waals surface area contributed by atoms with Gasteiger partial charge in [-0.2, -0.15) is 0 Å². The molecule has 100 valence electrons. The van der Waals surface area contributed by atoms with E-state index in [1.165, 1.54) is 44.9 Å². The highest BCUT2D eigenvalue weighted by Crippen LogP contribution is 2.55. The molecule has 2 rings (SSSR count). The molecule has 3 atom stereocenters. The van der Waals surface area contributed by atoms with E-state index in [1.54, 1.807) is 0 Å². The van der Waals surface area contributed by atoms with E-state index in [0.29, 0.717) is 16.9 Å². The molecule has 1 aliphatic carbocycles. The summed E-state index contributed by atoms with van der Waals surface area (Å²) in [6.45, 7) is 10.8. The lowest BCUT2D eigenvalue weighted by molar-refractivity contribution is -0.0116. The normalized spacial score (nSPS) is 43.1. The lowest BCUT2D eigenvalue weighted by Crippen LogP contribution is -2.42. The Hall–Kier alpha value is -0.0400. The van der Waals surface area contributed by atoms with Gasteiger partial charge in [0, 0.05) is 6.61 Å². The first-order chi connectivity index (χ1) is 7.94. The zero-order valence-corrected chi connectivity index (χ0v) is 12.2. The maximum absolute atomic E-state index is 5.88. The third-order valence-electron chi connectivity index (χ3n) is 5.51. The molecular weight excluding hydrogens is 208 g/mol. The molecule has 1 nitrogen and oxygen atoms in total. The van der Waals surface area contributed by atoms with Gasteiger partial charge in [0.25, 0.3) is 0 Å². The van der Waals surface area contributed by atoms with E-state index in [1.807, 2.05) is 0 Å². The van der Waals surface area contributed by atoms with E-state index in [2.05, 4.69) is 27.7 Å². The van der Waals surface area contributed by atoms with Gasteiger partial charge in [-0.3, -0.25) is 0 Å². The molecule has 1 heteroatoms. The van der Waals surface area contributed by atoms with Crippen LogP contribution in [0.1, 0.15) is 72.6 Å². The maximum Gasteiger partial charge on any atom is 0.0547 e. The molecule has 0 bridgehead atoms. The minimum atomic E-state index is 0.468. The fourth-order valence-corrected chi connectivity index (χ4v) is 4.52. The van der Waals surface area contributed by atoms with E-state index >= 15 is 0 Å². The highest BCUT2D eigenvalue weighted by molar-refractivity contribution is 4.95. The number of ether oxygens (including phenoxy) is 1. The van der Waals surface area contributed by atoms with Crippen molar-refractivity contribution >= 4 is 0 Å². The molecule has 17 heavy (non-hydrogen) atoms. The first-order valence-corrected chi connectivity index (χ1v) is 7.56. The van der Waals surface area contributed by atoms with E-state index in [-0.39, 0.29) is 0 Å². The zero-order valence-electron chi connectivity index (χ0n) is 12.2. The van der Waals surface area contributed by atoms with Crippen molar-refractivity contribution in [3.8, 4) is 0 Å². The van der Waals surface area contributed by atoms with Gasteiger partial charge >= 0.3 is 0 Å². The minimum Gasteiger partial charge on any atom is -0.379 e. The van der Waals surface area contributed by atoms with E-state index in [9.17, 15) is 0 Å². The molecule has 0 aromatic rings. The van der Waals surface area contributed by atoms with Crippen LogP contribution in [0.4, 0.5) is 0 Å². The van der Waals surface area contributed by atoms with E-state index in [4.69, 9.17) is 4.74 Å². The van der Waals surface area contributed by atoms with Crippen molar-refractivity contribution < 1.29 is 4.74 Å². The molecule has 2 unspecified atom stereocenters. The maximum atomic E-state index is 5.88. The van der Waals surface area contributed by atoms with Crippen LogP contribution in [0.2, 0.25) is 0 Å². The topological polar surface area (TPSA) is 9.23 Å². The number of hydrogen-bond donors (Lipinski definition) is 0. The Balaban J connectivity index is 2.18. The van der Waals surface area contributed by atoms with Crippen LogP contribution in [0.3, 0.4) is 0 Å². The Morgan fingerprint density at radius 1 is 0.941 bits per heavy atom. The molecule has 0 amide bonds. The van der Waals surface area contributed by atoms with Crippen LogP contribution in [-0.2, 0) is 4.74 Å². The summed E-state index contributed by atoms with van der Waals surface area (Å²) in [7, 11) is 0. The molecule has 1 saturated carbocycles. The van der Waals surface area contributed by atoms with Gasteiger partial charge in [-0.25, -0.2) is 0 Å². The van der Waals surface area contributed by atoms with Crippen LogP contribution < -0.4 is 0 Å². The zero-order chi connectivity index (χ0) is 12.5. The standard InChI is InChI=1S/C16H30O/c1-13-7-8-14-15(2,3)9-5-10-16(14,4)11-6-12-17-13/h13-14H,5-12H2,1-4H3/t13-,14?,16?/m1/s1. The third kappa shape index (κ3) is 2.86. The molecule has 2 fully saturated rings. The van der Waals surface area contributed by atoms with Crippen molar-refractivity contribution in [1.82, 2.24) is 0 Å². The number of fused-ring (bicyclic) bond motifs is 1. The quantitative estimate of drug-likeness (QED) is 0.589. The summed E-state index contributed by atoms with van der Waals surface area (Å²) in [6, 6.07) is 0. The molecule has 1 aliphatic heterocycles. The average Bonchev–Trinajstić information content (AvgIpc) is 2.29. The average molecular weight is 238 g/mol. The van der Waals surface area contributed by atoms with E-state index in [0.717, 1.165) is 12.5 Å². The van der Waals surface area contributed by atoms with Crippen LogP contribution in [0, 0.1) is 16.7 Å². The van der Waals surface area contributed by atoms with Crippen molar-refractivity contribution in [3.63, 3.8) is 0 Å². The molecule has 1 heterocycles. The van der Waals surface area contributed by atoms with Crippen LogP contribution in [-0.4, -0.2) is 12.7 Å². The molecule has 2 aliphatic rings. The Labute approximate surface area is 107 Å². The highest BCUT2D eigenvalue weighted by Gasteiger charge is 2.45. The van der Waals surface area contributed by atoms with Gasteiger partial charge in [0.15, 0.2) is 0 Å². The SMILES string of the molecule is C[C@@H]1CCC2C(C)(C)CCCC2(C)CCCO1. The molecule has 0 radical (unpaired) electrons. The Kier molecular flexibility index (Phi) is 3.87.